The second-order valence-electron chi connectivity index (χ2n) is 5.31. The molecule has 0 amide bonds. The second-order valence-corrected chi connectivity index (χ2v) is 5.31. The number of aliphatic hydroxyl groups excluding tert-OH is 1. The van der Waals surface area contributed by atoms with Crippen molar-refractivity contribution in [3.63, 3.8) is 0 Å². The molecule has 0 aliphatic carbocycles. The van der Waals surface area contributed by atoms with Gasteiger partial charge >= 0.3 is 0 Å². The summed E-state index contributed by atoms with van der Waals surface area (Å²) in [5.41, 5.74) is 4.08. The third-order valence-corrected chi connectivity index (χ3v) is 3.85. The molecule has 2 heterocycles. The standard InChI is InChI=1S/C18H14N2O2/c21-16-10-11(8-12-4-3-7-19-17(12)16)9-14-13-5-1-2-6-15(13)20-18(14)22/h1-10,18,20-22H. The van der Waals surface area contributed by atoms with Gasteiger partial charge in [0.15, 0.2) is 6.23 Å². The van der Waals surface area contributed by atoms with Gasteiger partial charge in [-0.05, 0) is 35.9 Å². The van der Waals surface area contributed by atoms with Gasteiger partial charge in [-0.2, -0.15) is 0 Å². The quantitative estimate of drug-likeness (QED) is 0.644. The highest BCUT2D eigenvalue weighted by molar-refractivity contribution is 5.96. The van der Waals surface area contributed by atoms with Gasteiger partial charge in [0.2, 0.25) is 0 Å². The van der Waals surface area contributed by atoms with Gasteiger partial charge in [-0.15, -0.1) is 0 Å². The van der Waals surface area contributed by atoms with E-state index in [4.69, 9.17) is 0 Å². The lowest BCUT2D eigenvalue weighted by Gasteiger charge is -2.07. The monoisotopic (exact) mass is 290 g/mol. The molecule has 3 aromatic rings. The minimum atomic E-state index is -0.746. The zero-order chi connectivity index (χ0) is 15.1. The normalized spacial score (nSPS) is 18.4. The van der Waals surface area contributed by atoms with E-state index in [9.17, 15) is 10.2 Å². The highest BCUT2D eigenvalue weighted by atomic mass is 16.3. The van der Waals surface area contributed by atoms with Gasteiger partial charge in [-0.1, -0.05) is 24.3 Å². The number of pyridine rings is 1. The Bertz CT molecular complexity index is 902. The molecule has 0 radical (unpaired) electrons. The first kappa shape index (κ1) is 12.9. The lowest BCUT2D eigenvalue weighted by atomic mass is 10.0. The maximum absolute atomic E-state index is 10.2. The van der Waals surface area contributed by atoms with Gasteiger partial charge in [-0.3, -0.25) is 4.98 Å². The van der Waals surface area contributed by atoms with E-state index < -0.39 is 6.23 Å². The van der Waals surface area contributed by atoms with Crippen molar-refractivity contribution in [1.82, 2.24) is 4.98 Å². The van der Waals surface area contributed by atoms with Crippen LogP contribution in [0.25, 0.3) is 22.6 Å². The van der Waals surface area contributed by atoms with Crippen molar-refractivity contribution in [2.75, 3.05) is 5.32 Å². The number of para-hydroxylation sites is 1. The molecule has 0 saturated carbocycles. The summed E-state index contributed by atoms with van der Waals surface area (Å²) in [5.74, 6) is 0.138. The number of aromatic hydroxyl groups is 1. The minimum Gasteiger partial charge on any atom is -0.506 e. The summed E-state index contributed by atoms with van der Waals surface area (Å²) < 4.78 is 0. The molecule has 3 N–H and O–H groups in total. The van der Waals surface area contributed by atoms with Crippen molar-refractivity contribution in [3.8, 4) is 5.75 Å². The molecule has 1 aliphatic rings. The molecule has 0 fully saturated rings. The molecule has 4 heteroatoms. The predicted octanol–water partition coefficient (Wildman–Crippen LogP) is 3.22. The highest BCUT2D eigenvalue weighted by Crippen LogP contribution is 2.36. The highest BCUT2D eigenvalue weighted by Gasteiger charge is 2.23. The first-order valence-corrected chi connectivity index (χ1v) is 7.06. The zero-order valence-electron chi connectivity index (χ0n) is 11.7. The van der Waals surface area contributed by atoms with Crippen LogP contribution >= 0.6 is 0 Å². The largest absolute Gasteiger partial charge is 0.506 e. The zero-order valence-corrected chi connectivity index (χ0v) is 11.7. The molecule has 108 valence electrons. The SMILES string of the molecule is Oc1cc(C=C2c3ccccc3NC2O)cc2cccnc12. The molecule has 1 unspecified atom stereocenters. The number of nitrogens with one attached hydrogen (secondary N) is 1. The number of phenolic OH excluding ortho intramolecular Hbond substituents is 1. The first-order chi connectivity index (χ1) is 10.7. The lowest BCUT2D eigenvalue weighted by molar-refractivity contribution is 0.266. The van der Waals surface area contributed by atoms with Crippen molar-refractivity contribution in [2.45, 2.75) is 6.23 Å². The van der Waals surface area contributed by atoms with Crippen LogP contribution in [0.2, 0.25) is 0 Å². The number of hydrogen-bond acceptors (Lipinski definition) is 4. The number of aromatic nitrogens is 1. The summed E-state index contributed by atoms with van der Waals surface area (Å²) in [4.78, 5) is 4.17. The Labute approximate surface area is 127 Å². The molecule has 4 nitrogen and oxygen atoms in total. The molecule has 22 heavy (non-hydrogen) atoms. The Balaban J connectivity index is 1.86. The predicted molar refractivity (Wildman–Crippen MR) is 87.4 cm³/mol. The van der Waals surface area contributed by atoms with Gasteiger partial charge in [0.1, 0.15) is 11.3 Å². The van der Waals surface area contributed by atoms with Gasteiger partial charge in [0.25, 0.3) is 0 Å². The average molecular weight is 290 g/mol. The van der Waals surface area contributed by atoms with E-state index in [1.54, 1.807) is 12.3 Å². The van der Waals surface area contributed by atoms with E-state index in [0.717, 1.165) is 27.8 Å². The second kappa shape index (κ2) is 4.86. The number of benzene rings is 2. The van der Waals surface area contributed by atoms with Gasteiger partial charge < -0.3 is 15.5 Å². The third-order valence-electron chi connectivity index (χ3n) is 3.85. The fourth-order valence-corrected chi connectivity index (χ4v) is 2.85. The first-order valence-electron chi connectivity index (χ1n) is 7.06. The smallest absolute Gasteiger partial charge is 0.151 e. The number of hydrogen-bond donors (Lipinski definition) is 3. The van der Waals surface area contributed by atoms with Crippen molar-refractivity contribution in [1.29, 1.82) is 0 Å². The van der Waals surface area contributed by atoms with E-state index in [2.05, 4.69) is 10.3 Å². The van der Waals surface area contributed by atoms with Crippen LogP contribution in [-0.4, -0.2) is 21.4 Å². The number of rotatable bonds is 1. The molecule has 0 bridgehead atoms. The molecule has 1 aromatic heterocycles. The number of nitrogens with zero attached hydrogens (tertiary/aromatic N) is 1. The molecule has 0 spiro atoms. The molecule has 4 rings (SSSR count). The van der Waals surface area contributed by atoms with Gasteiger partial charge in [0, 0.05) is 28.4 Å². The van der Waals surface area contributed by atoms with Crippen LogP contribution < -0.4 is 5.32 Å². The molecule has 2 aromatic carbocycles. The van der Waals surface area contributed by atoms with Crippen LogP contribution in [0.3, 0.4) is 0 Å². The van der Waals surface area contributed by atoms with E-state index in [1.807, 2.05) is 48.5 Å². The van der Waals surface area contributed by atoms with E-state index >= 15 is 0 Å². The van der Waals surface area contributed by atoms with Crippen LogP contribution in [0.1, 0.15) is 11.1 Å². The fraction of sp³-hybridized carbons (Fsp3) is 0.0556. The number of anilines is 1. The van der Waals surface area contributed by atoms with Crippen LogP contribution in [-0.2, 0) is 0 Å². The summed E-state index contributed by atoms with van der Waals surface area (Å²) >= 11 is 0. The van der Waals surface area contributed by atoms with Crippen LogP contribution in [0.4, 0.5) is 5.69 Å². The average Bonchev–Trinajstić information content (AvgIpc) is 2.84. The summed E-state index contributed by atoms with van der Waals surface area (Å²) in [6.45, 7) is 0. The molecular weight excluding hydrogens is 276 g/mol. The fourth-order valence-electron chi connectivity index (χ4n) is 2.85. The Morgan fingerprint density at radius 2 is 1.95 bits per heavy atom. The Morgan fingerprint density at radius 1 is 1.09 bits per heavy atom. The lowest BCUT2D eigenvalue weighted by Crippen LogP contribution is -2.12. The van der Waals surface area contributed by atoms with Crippen molar-refractivity contribution >= 4 is 28.2 Å². The van der Waals surface area contributed by atoms with Crippen LogP contribution in [0.15, 0.2) is 54.7 Å². The van der Waals surface area contributed by atoms with Crippen LogP contribution in [0.5, 0.6) is 5.75 Å². The van der Waals surface area contributed by atoms with Gasteiger partial charge in [0.05, 0.1) is 0 Å². The van der Waals surface area contributed by atoms with Crippen LogP contribution in [0, 0.1) is 0 Å². The van der Waals surface area contributed by atoms with Crippen molar-refractivity contribution in [3.05, 3.63) is 65.9 Å². The number of aliphatic hydroxyl groups is 1. The summed E-state index contributed by atoms with van der Waals surface area (Å²) in [5, 5.41) is 24.2. The van der Waals surface area contributed by atoms with Gasteiger partial charge in [-0.25, -0.2) is 0 Å². The summed E-state index contributed by atoms with van der Waals surface area (Å²) in [6.07, 6.45) is 2.79. The molecular formula is C18H14N2O2. The summed E-state index contributed by atoms with van der Waals surface area (Å²) in [6, 6.07) is 15.1. The molecule has 1 aliphatic heterocycles. The maximum Gasteiger partial charge on any atom is 0.151 e. The maximum atomic E-state index is 10.2. The number of fused-ring (bicyclic) bond motifs is 2. The van der Waals surface area contributed by atoms with E-state index in [1.165, 1.54) is 0 Å². The topological polar surface area (TPSA) is 65.4 Å². The van der Waals surface area contributed by atoms with E-state index in [-0.39, 0.29) is 5.75 Å². The third kappa shape index (κ3) is 2.01. The Kier molecular flexibility index (Phi) is 2.84. The van der Waals surface area contributed by atoms with Crippen molar-refractivity contribution < 1.29 is 10.2 Å². The minimum absolute atomic E-state index is 0.138. The summed E-state index contributed by atoms with van der Waals surface area (Å²) in [7, 11) is 0. The Morgan fingerprint density at radius 3 is 2.86 bits per heavy atom. The number of phenols is 1. The van der Waals surface area contributed by atoms with Crippen molar-refractivity contribution in [2.24, 2.45) is 0 Å². The molecule has 0 saturated heterocycles. The van der Waals surface area contributed by atoms with E-state index in [0.29, 0.717) is 5.52 Å². The Hall–Kier alpha value is -2.85. The molecule has 1 atom stereocenters.